The molecule has 2 aromatic heterocycles. The van der Waals surface area contributed by atoms with Crippen LogP contribution in [0.2, 0.25) is 0 Å². The van der Waals surface area contributed by atoms with Crippen LogP contribution >= 0.6 is 11.3 Å². The average molecular weight is 444 g/mol. The summed E-state index contributed by atoms with van der Waals surface area (Å²) in [6, 6.07) is 14.7. The maximum absolute atomic E-state index is 11.8. The van der Waals surface area contributed by atoms with Crippen molar-refractivity contribution in [3.8, 4) is 11.3 Å². The van der Waals surface area contributed by atoms with E-state index in [1.165, 1.54) is 11.1 Å². The molecule has 1 atom stereocenters. The molecule has 4 aromatic rings. The number of anilines is 2. The van der Waals surface area contributed by atoms with Gasteiger partial charge < -0.3 is 10.6 Å². The lowest BCUT2D eigenvalue weighted by Gasteiger charge is -2.27. The van der Waals surface area contributed by atoms with Gasteiger partial charge in [-0.3, -0.25) is 4.79 Å². The van der Waals surface area contributed by atoms with E-state index in [1.54, 1.807) is 11.3 Å². The minimum absolute atomic E-state index is 0.0379. The third-order valence-electron chi connectivity index (χ3n) is 5.85. The highest BCUT2D eigenvalue weighted by Crippen LogP contribution is 2.34. The van der Waals surface area contributed by atoms with Gasteiger partial charge in [-0.1, -0.05) is 19.1 Å². The predicted molar refractivity (Wildman–Crippen MR) is 130 cm³/mol. The Hall–Kier alpha value is -3.32. The molecule has 1 aliphatic rings. The molecule has 2 heterocycles. The van der Waals surface area contributed by atoms with Gasteiger partial charge >= 0.3 is 0 Å². The van der Waals surface area contributed by atoms with Crippen molar-refractivity contribution in [3.63, 3.8) is 0 Å². The van der Waals surface area contributed by atoms with E-state index in [1.807, 2.05) is 37.6 Å². The van der Waals surface area contributed by atoms with Gasteiger partial charge in [-0.2, -0.15) is 0 Å². The third-order valence-corrected chi connectivity index (χ3v) is 6.64. The van der Waals surface area contributed by atoms with E-state index in [-0.39, 0.29) is 11.9 Å². The van der Waals surface area contributed by atoms with Gasteiger partial charge in [0.05, 0.1) is 27.5 Å². The molecule has 1 amide bonds. The standard InChI is InChI=1S/C25H25N5OS/c1-3-25(31)29-18-8-9-19-16(11-18)5-4-6-20(19)30-24-13-22(27-15(2)28-24)17-7-10-21-23(12-17)32-14-26-21/h7-14,20H,3-6H2,1-2H3,(H,29,31)(H,27,28,30). The van der Waals surface area contributed by atoms with Gasteiger partial charge in [-0.25, -0.2) is 15.0 Å². The van der Waals surface area contributed by atoms with E-state index >= 15 is 0 Å². The van der Waals surface area contributed by atoms with Crippen LogP contribution in [0.5, 0.6) is 0 Å². The van der Waals surface area contributed by atoms with Gasteiger partial charge in [0.2, 0.25) is 5.91 Å². The van der Waals surface area contributed by atoms with Crippen LogP contribution in [0.1, 0.15) is 49.2 Å². The van der Waals surface area contributed by atoms with Crippen LogP contribution in [0.3, 0.4) is 0 Å². The topological polar surface area (TPSA) is 79.8 Å². The molecule has 0 bridgehead atoms. The van der Waals surface area contributed by atoms with Crippen molar-refractivity contribution in [2.24, 2.45) is 0 Å². The average Bonchev–Trinajstić information content (AvgIpc) is 3.26. The molecule has 1 unspecified atom stereocenters. The van der Waals surface area contributed by atoms with Crippen molar-refractivity contribution in [2.75, 3.05) is 10.6 Å². The van der Waals surface area contributed by atoms with Gasteiger partial charge in [-0.05, 0) is 61.6 Å². The van der Waals surface area contributed by atoms with Crippen molar-refractivity contribution >= 4 is 39.0 Å². The zero-order valence-electron chi connectivity index (χ0n) is 18.2. The SMILES string of the molecule is CCC(=O)Nc1ccc2c(c1)CCCC2Nc1cc(-c2ccc3ncsc3c2)nc(C)n1. The van der Waals surface area contributed by atoms with Crippen LogP contribution in [0.25, 0.3) is 21.5 Å². The number of hydrogen-bond donors (Lipinski definition) is 2. The van der Waals surface area contributed by atoms with Crippen LogP contribution in [0.4, 0.5) is 11.5 Å². The summed E-state index contributed by atoms with van der Waals surface area (Å²) < 4.78 is 1.15. The Morgan fingerprint density at radius 3 is 2.94 bits per heavy atom. The smallest absolute Gasteiger partial charge is 0.224 e. The number of benzene rings is 2. The molecular weight excluding hydrogens is 418 g/mol. The van der Waals surface area contributed by atoms with E-state index < -0.39 is 0 Å². The molecule has 1 aliphatic carbocycles. The second-order valence-electron chi connectivity index (χ2n) is 8.12. The summed E-state index contributed by atoms with van der Waals surface area (Å²) in [5, 5.41) is 6.61. The number of amides is 1. The van der Waals surface area contributed by atoms with Crippen molar-refractivity contribution in [3.05, 3.63) is 64.9 Å². The number of hydrogen-bond acceptors (Lipinski definition) is 6. The summed E-state index contributed by atoms with van der Waals surface area (Å²) in [5.41, 5.74) is 8.27. The monoisotopic (exact) mass is 443 g/mol. The largest absolute Gasteiger partial charge is 0.363 e. The van der Waals surface area contributed by atoms with Crippen molar-refractivity contribution < 1.29 is 4.79 Å². The zero-order valence-corrected chi connectivity index (χ0v) is 19.0. The summed E-state index contributed by atoms with van der Waals surface area (Å²) in [6.07, 6.45) is 3.63. The molecule has 0 spiro atoms. The zero-order chi connectivity index (χ0) is 22.1. The Balaban J connectivity index is 1.42. The molecule has 2 aromatic carbocycles. The van der Waals surface area contributed by atoms with Crippen molar-refractivity contribution in [1.82, 2.24) is 15.0 Å². The summed E-state index contributed by atoms with van der Waals surface area (Å²) in [7, 11) is 0. The number of thiazole rings is 1. The van der Waals surface area contributed by atoms with Gasteiger partial charge in [0.25, 0.3) is 0 Å². The Morgan fingerprint density at radius 2 is 2.06 bits per heavy atom. The number of fused-ring (bicyclic) bond motifs is 2. The highest BCUT2D eigenvalue weighted by Gasteiger charge is 2.21. The summed E-state index contributed by atoms with van der Waals surface area (Å²) >= 11 is 1.64. The number of carbonyl (C=O) groups excluding carboxylic acids is 1. The van der Waals surface area contributed by atoms with E-state index in [0.717, 1.165) is 58.1 Å². The Bertz CT molecular complexity index is 1300. The molecule has 162 valence electrons. The van der Waals surface area contributed by atoms with Crippen LogP contribution in [0.15, 0.2) is 48.0 Å². The second-order valence-corrected chi connectivity index (χ2v) is 9.01. The molecule has 5 rings (SSSR count). The summed E-state index contributed by atoms with van der Waals surface area (Å²) in [6.45, 7) is 3.79. The minimum atomic E-state index is 0.0379. The number of rotatable bonds is 5. The Morgan fingerprint density at radius 1 is 1.16 bits per heavy atom. The normalized spacial score (nSPS) is 15.4. The number of nitrogens with zero attached hydrogens (tertiary/aromatic N) is 3. The highest BCUT2D eigenvalue weighted by molar-refractivity contribution is 7.16. The predicted octanol–water partition coefficient (Wildman–Crippen LogP) is 5.90. The minimum Gasteiger partial charge on any atom is -0.363 e. The number of aromatic nitrogens is 3. The Labute approximate surface area is 191 Å². The molecule has 0 aliphatic heterocycles. The fraction of sp³-hybridized carbons (Fsp3) is 0.280. The lowest BCUT2D eigenvalue weighted by atomic mass is 9.87. The van der Waals surface area contributed by atoms with Gasteiger partial charge in [0.15, 0.2) is 0 Å². The first-order valence-corrected chi connectivity index (χ1v) is 11.9. The second kappa shape index (κ2) is 8.67. The quantitative estimate of drug-likeness (QED) is 0.401. The van der Waals surface area contributed by atoms with Crippen LogP contribution in [-0.2, 0) is 11.2 Å². The molecule has 7 heteroatoms. The van der Waals surface area contributed by atoms with Crippen LogP contribution < -0.4 is 10.6 Å². The number of aryl methyl sites for hydroxylation is 2. The van der Waals surface area contributed by atoms with Crippen LogP contribution in [-0.4, -0.2) is 20.9 Å². The maximum atomic E-state index is 11.8. The summed E-state index contributed by atoms with van der Waals surface area (Å²) in [5.74, 6) is 1.61. The van der Waals surface area contributed by atoms with Gasteiger partial charge in [-0.15, -0.1) is 11.3 Å². The molecule has 0 radical (unpaired) electrons. The van der Waals surface area contributed by atoms with Gasteiger partial charge in [0, 0.05) is 23.7 Å². The molecule has 6 nitrogen and oxygen atoms in total. The molecule has 0 saturated carbocycles. The van der Waals surface area contributed by atoms with Crippen LogP contribution in [0, 0.1) is 6.92 Å². The third kappa shape index (κ3) is 4.21. The fourth-order valence-electron chi connectivity index (χ4n) is 4.27. The first kappa shape index (κ1) is 20.6. The number of carbonyl (C=O) groups is 1. The molecule has 32 heavy (non-hydrogen) atoms. The summed E-state index contributed by atoms with van der Waals surface area (Å²) in [4.78, 5) is 25.4. The number of nitrogens with one attached hydrogen (secondary N) is 2. The maximum Gasteiger partial charge on any atom is 0.224 e. The highest BCUT2D eigenvalue weighted by atomic mass is 32.1. The van der Waals surface area contributed by atoms with Gasteiger partial charge in [0.1, 0.15) is 11.6 Å². The lowest BCUT2D eigenvalue weighted by Crippen LogP contribution is -2.19. The molecule has 2 N–H and O–H groups in total. The fourth-order valence-corrected chi connectivity index (χ4v) is 4.99. The molecular formula is C25H25N5OS. The molecule has 0 saturated heterocycles. The van der Waals surface area contributed by atoms with E-state index in [4.69, 9.17) is 0 Å². The first-order valence-electron chi connectivity index (χ1n) is 11.0. The van der Waals surface area contributed by atoms with E-state index in [9.17, 15) is 4.79 Å². The van der Waals surface area contributed by atoms with Crippen molar-refractivity contribution in [1.29, 1.82) is 0 Å². The first-order chi connectivity index (χ1) is 15.6. The van der Waals surface area contributed by atoms with E-state index in [2.05, 4.69) is 49.9 Å². The van der Waals surface area contributed by atoms with Crippen molar-refractivity contribution in [2.45, 2.75) is 45.6 Å². The Kier molecular flexibility index (Phi) is 5.57. The van der Waals surface area contributed by atoms with E-state index in [0.29, 0.717) is 6.42 Å². The lowest BCUT2D eigenvalue weighted by molar-refractivity contribution is -0.115. The molecule has 0 fully saturated rings.